The number of rotatable bonds is 5. The predicted molar refractivity (Wildman–Crippen MR) is 102 cm³/mol. The second-order valence-corrected chi connectivity index (χ2v) is 6.71. The van der Waals surface area contributed by atoms with E-state index in [1.165, 1.54) is 0 Å². The van der Waals surface area contributed by atoms with E-state index in [0.717, 1.165) is 47.5 Å². The molecule has 0 aliphatic carbocycles. The third-order valence-corrected chi connectivity index (χ3v) is 5.05. The predicted octanol–water partition coefficient (Wildman–Crippen LogP) is 3.64. The van der Waals surface area contributed by atoms with E-state index >= 15 is 0 Å². The van der Waals surface area contributed by atoms with Crippen molar-refractivity contribution in [3.63, 3.8) is 0 Å². The fourth-order valence-electron chi connectivity index (χ4n) is 3.50. The van der Waals surface area contributed by atoms with Crippen LogP contribution in [0.5, 0.6) is 11.5 Å². The normalized spacial score (nSPS) is 16.5. The molecule has 0 N–H and O–H groups in total. The molecule has 0 aromatic heterocycles. The van der Waals surface area contributed by atoms with Crippen LogP contribution in [0, 0.1) is 0 Å². The van der Waals surface area contributed by atoms with Crippen molar-refractivity contribution in [2.45, 2.75) is 20.0 Å². The average Bonchev–Trinajstić information content (AvgIpc) is 3.20. The van der Waals surface area contributed by atoms with Crippen LogP contribution in [0.1, 0.15) is 24.5 Å². The maximum absolute atomic E-state index is 12.9. The Labute approximate surface area is 159 Å². The summed E-state index contributed by atoms with van der Waals surface area (Å²) in [6, 6.07) is 15.7. The molecular weight excluding hydrogens is 342 g/mol. The number of benzene rings is 2. The van der Waals surface area contributed by atoms with Crippen LogP contribution in [0.4, 0.5) is 0 Å². The van der Waals surface area contributed by atoms with Crippen molar-refractivity contribution in [3.05, 3.63) is 65.2 Å². The lowest BCUT2D eigenvalue weighted by Gasteiger charge is -2.29. The molecule has 0 saturated carbocycles. The average molecular weight is 365 g/mol. The molecule has 0 unspecified atom stereocenters. The van der Waals surface area contributed by atoms with Gasteiger partial charge in [0.05, 0.1) is 5.57 Å². The summed E-state index contributed by atoms with van der Waals surface area (Å²) in [5.41, 5.74) is 3.84. The van der Waals surface area contributed by atoms with Crippen LogP contribution in [-0.2, 0) is 16.1 Å². The number of carbonyl (C=O) groups excluding carboxylic acids is 1. The summed E-state index contributed by atoms with van der Waals surface area (Å²) >= 11 is 0. The number of nitrogens with zero attached hydrogens (tertiary/aromatic N) is 1. The minimum Gasteiger partial charge on any atom is -0.457 e. The Kier molecular flexibility index (Phi) is 5.12. The van der Waals surface area contributed by atoms with Crippen LogP contribution in [0.25, 0.3) is 5.57 Å². The van der Waals surface area contributed by atoms with Gasteiger partial charge in [-0.2, -0.15) is 0 Å². The van der Waals surface area contributed by atoms with Crippen LogP contribution in [0.2, 0.25) is 0 Å². The number of likely N-dealkylation sites (N-methyl/N-ethyl adjacent to an activating group) is 1. The molecule has 2 aromatic rings. The molecule has 2 heterocycles. The van der Waals surface area contributed by atoms with Crippen LogP contribution in [0.3, 0.4) is 0 Å². The molecule has 0 bridgehead atoms. The molecule has 5 heteroatoms. The number of fused-ring (bicyclic) bond motifs is 1. The topological polar surface area (TPSA) is 48.0 Å². The molecule has 0 fully saturated rings. The van der Waals surface area contributed by atoms with Crippen molar-refractivity contribution in [1.29, 1.82) is 0 Å². The number of esters is 1. The first-order valence-electron chi connectivity index (χ1n) is 9.30. The largest absolute Gasteiger partial charge is 0.457 e. The fraction of sp³-hybridized carbons (Fsp3) is 0.318. The van der Waals surface area contributed by atoms with E-state index in [2.05, 4.69) is 24.0 Å². The zero-order valence-corrected chi connectivity index (χ0v) is 15.4. The fourth-order valence-corrected chi connectivity index (χ4v) is 3.50. The molecule has 0 atom stereocenters. The summed E-state index contributed by atoms with van der Waals surface area (Å²) in [6.07, 6.45) is 0.853. The lowest BCUT2D eigenvalue weighted by Crippen LogP contribution is -2.34. The molecule has 0 saturated heterocycles. The lowest BCUT2D eigenvalue weighted by molar-refractivity contribution is -0.140. The third kappa shape index (κ3) is 3.83. The Morgan fingerprint density at radius 3 is 2.74 bits per heavy atom. The molecule has 0 amide bonds. The van der Waals surface area contributed by atoms with Gasteiger partial charge in [0.15, 0.2) is 11.5 Å². The molecule has 140 valence electrons. The summed E-state index contributed by atoms with van der Waals surface area (Å²) in [4.78, 5) is 15.2. The molecule has 2 aromatic carbocycles. The maximum Gasteiger partial charge on any atom is 0.335 e. The highest BCUT2D eigenvalue weighted by Crippen LogP contribution is 2.33. The second-order valence-electron chi connectivity index (χ2n) is 6.71. The monoisotopic (exact) mass is 365 g/mol. The van der Waals surface area contributed by atoms with Gasteiger partial charge in [-0.05, 0) is 41.8 Å². The van der Waals surface area contributed by atoms with E-state index in [0.29, 0.717) is 12.3 Å². The van der Waals surface area contributed by atoms with E-state index in [-0.39, 0.29) is 19.4 Å². The van der Waals surface area contributed by atoms with Crippen LogP contribution in [0.15, 0.2) is 54.1 Å². The van der Waals surface area contributed by atoms with Crippen LogP contribution < -0.4 is 9.47 Å². The van der Waals surface area contributed by atoms with Crippen molar-refractivity contribution in [1.82, 2.24) is 4.90 Å². The summed E-state index contributed by atoms with van der Waals surface area (Å²) in [7, 11) is 0. The van der Waals surface area contributed by atoms with Crippen molar-refractivity contribution < 1.29 is 19.0 Å². The van der Waals surface area contributed by atoms with Gasteiger partial charge in [-0.1, -0.05) is 43.3 Å². The standard InChI is InChI=1S/C22H23NO4/c1-2-23-11-10-18(17-6-4-3-5-7-17)19(13-23)22(24)25-14-16-8-9-20-21(12-16)27-15-26-20/h3-9,12H,2,10-11,13-15H2,1H3. The molecule has 0 radical (unpaired) electrons. The smallest absolute Gasteiger partial charge is 0.335 e. The third-order valence-electron chi connectivity index (χ3n) is 5.05. The Bertz CT molecular complexity index is 860. The van der Waals surface area contributed by atoms with Gasteiger partial charge in [-0.25, -0.2) is 4.79 Å². The van der Waals surface area contributed by atoms with Crippen molar-refractivity contribution in [2.75, 3.05) is 26.4 Å². The van der Waals surface area contributed by atoms with E-state index in [4.69, 9.17) is 14.2 Å². The molecule has 27 heavy (non-hydrogen) atoms. The molecule has 5 nitrogen and oxygen atoms in total. The molecule has 2 aliphatic rings. The van der Waals surface area contributed by atoms with Gasteiger partial charge in [-0.3, -0.25) is 4.90 Å². The van der Waals surface area contributed by atoms with Gasteiger partial charge in [0.25, 0.3) is 0 Å². The zero-order valence-electron chi connectivity index (χ0n) is 15.4. The van der Waals surface area contributed by atoms with Gasteiger partial charge in [0, 0.05) is 13.1 Å². The summed E-state index contributed by atoms with van der Waals surface area (Å²) in [6.45, 7) is 5.07. The highest BCUT2D eigenvalue weighted by Gasteiger charge is 2.25. The maximum atomic E-state index is 12.9. The quantitative estimate of drug-likeness (QED) is 0.757. The highest BCUT2D eigenvalue weighted by molar-refractivity contribution is 5.98. The summed E-state index contributed by atoms with van der Waals surface area (Å²) < 4.78 is 16.4. The number of hydrogen-bond donors (Lipinski definition) is 0. The van der Waals surface area contributed by atoms with Gasteiger partial charge < -0.3 is 14.2 Å². The first-order valence-corrected chi connectivity index (χ1v) is 9.30. The Morgan fingerprint density at radius 2 is 1.93 bits per heavy atom. The molecule has 0 spiro atoms. The second kappa shape index (κ2) is 7.84. The first-order chi connectivity index (χ1) is 13.2. The molecular formula is C22H23NO4. The molecule has 4 rings (SSSR count). The van der Waals surface area contributed by atoms with Gasteiger partial charge in [0.1, 0.15) is 6.61 Å². The van der Waals surface area contributed by atoms with Crippen molar-refractivity contribution in [3.8, 4) is 11.5 Å². The number of hydrogen-bond acceptors (Lipinski definition) is 5. The van der Waals surface area contributed by atoms with Crippen LogP contribution >= 0.6 is 0 Å². The Hall–Kier alpha value is -2.79. The first kappa shape index (κ1) is 17.6. The van der Waals surface area contributed by atoms with E-state index in [1.807, 2.05) is 36.4 Å². The molecule has 2 aliphatic heterocycles. The van der Waals surface area contributed by atoms with Gasteiger partial charge >= 0.3 is 5.97 Å². The van der Waals surface area contributed by atoms with Gasteiger partial charge in [-0.15, -0.1) is 0 Å². The summed E-state index contributed by atoms with van der Waals surface area (Å²) in [5.74, 6) is 1.18. The van der Waals surface area contributed by atoms with E-state index in [9.17, 15) is 4.79 Å². The van der Waals surface area contributed by atoms with Crippen LogP contribution in [-0.4, -0.2) is 37.3 Å². The van der Waals surface area contributed by atoms with Gasteiger partial charge in [0.2, 0.25) is 6.79 Å². The van der Waals surface area contributed by atoms with E-state index < -0.39 is 0 Å². The van der Waals surface area contributed by atoms with E-state index in [1.54, 1.807) is 0 Å². The lowest BCUT2D eigenvalue weighted by atomic mass is 9.93. The van der Waals surface area contributed by atoms with Crippen molar-refractivity contribution >= 4 is 11.5 Å². The minimum absolute atomic E-state index is 0.215. The van der Waals surface area contributed by atoms with Crippen molar-refractivity contribution in [2.24, 2.45) is 0 Å². The Balaban J connectivity index is 1.53. The SMILES string of the molecule is CCN1CCC(c2ccccc2)=C(C(=O)OCc2ccc3c(c2)OCO3)C1. The zero-order chi connectivity index (χ0) is 18.6. The number of carbonyl (C=O) groups is 1. The minimum atomic E-state index is -0.246. The Morgan fingerprint density at radius 1 is 1.11 bits per heavy atom. The summed E-state index contributed by atoms with van der Waals surface area (Å²) in [5, 5.41) is 0. The highest BCUT2D eigenvalue weighted by atomic mass is 16.7. The number of ether oxygens (including phenoxy) is 3.